The SMILES string of the molecule is C=C/C(=C\C=C(/C)c1ccc([C@@H](Cc2ccc(C(=O)NCCS(=O)(=O)O)cc2)C(=O)Nc2ccc(-c3c(C)cc(C)cc3C)cc2)cc1)C(C)(C)C. The molecule has 4 aromatic rings. The van der Waals surface area contributed by atoms with Crippen LogP contribution in [0.25, 0.3) is 16.7 Å². The Morgan fingerprint density at radius 3 is 1.96 bits per heavy atom. The summed E-state index contributed by atoms with van der Waals surface area (Å²) in [6, 6.07) is 27.2. The molecule has 0 aromatic heterocycles. The van der Waals surface area contributed by atoms with Crippen LogP contribution in [-0.2, 0) is 21.3 Å². The molecule has 0 bridgehead atoms. The number of hydrogen-bond acceptors (Lipinski definition) is 4. The third-order valence-corrected chi connectivity index (χ3v) is 9.82. The Bertz CT molecular complexity index is 2060. The molecule has 3 N–H and O–H groups in total. The number of allylic oxidation sites excluding steroid dienone is 5. The van der Waals surface area contributed by atoms with Crippen LogP contribution < -0.4 is 10.6 Å². The molecule has 0 saturated heterocycles. The average Bonchev–Trinajstić information content (AvgIpc) is 3.07. The first kappa shape index (κ1) is 39.7. The molecule has 0 unspecified atom stereocenters. The number of rotatable bonds is 13. The van der Waals surface area contributed by atoms with Crippen LogP contribution in [0.3, 0.4) is 0 Å². The van der Waals surface area contributed by atoms with Crippen LogP contribution in [0.1, 0.15) is 77.4 Å². The van der Waals surface area contributed by atoms with E-state index in [-0.39, 0.29) is 17.9 Å². The second-order valence-corrected chi connectivity index (χ2v) is 16.0. The van der Waals surface area contributed by atoms with E-state index in [4.69, 9.17) is 4.55 Å². The predicted octanol–water partition coefficient (Wildman–Crippen LogP) is 9.42. The second-order valence-electron chi connectivity index (χ2n) is 14.4. The van der Waals surface area contributed by atoms with Crippen LogP contribution in [0, 0.1) is 26.2 Å². The summed E-state index contributed by atoms with van der Waals surface area (Å²) >= 11 is 0. The molecule has 1 atom stereocenters. The van der Waals surface area contributed by atoms with Gasteiger partial charge in [-0.15, -0.1) is 0 Å². The lowest BCUT2D eigenvalue weighted by Crippen LogP contribution is -2.28. The minimum atomic E-state index is -4.18. The van der Waals surface area contributed by atoms with Gasteiger partial charge in [-0.25, -0.2) is 0 Å². The molecule has 8 heteroatoms. The van der Waals surface area contributed by atoms with E-state index < -0.39 is 27.7 Å². The first-order valence-corrected chi connectivity index (χ1v) is 19.0. The Morgan fingerprint density at radius 2 is 1.42 bits per heavy atom. The van der Waals surface area contributed by atoms with Crippen LogP contribution >= 0.6 is 0 Å². The van der Waals surface area contributed by atoms with Crippen molar-refractivity contribution in [2.45, 2.75) is 60.8 Å². The molecule has 52 heavy (non-hydrogen) atoms. The summed E-state index contributed by atoms with van der Waals surface area (Å²) in [6.07, 6.45) is 6.45. The summed E-state index contributed by atoms with van der Waals surface area (Å²) in [4.78, 5) is 26.6. The average molecular weight is 719 g/mol. The van der Waals surface area contributed by atoms with E-state index in [0.29, 0.717) is 17.7 Å². The zero-order chi connectivity index (χ0) is 38.2. The zero-order valence-electron chi connectivity index (χ0n) is 31.2. The van der Waals surface area contributed by atoms with E-state index in [1.807, 2.05) is 54.6 Å². The highest BCUT2D eigenvalue weighted by atomic mass is 32.2. The number of anilines is 1. The number of amides is 2. The van der Waals surface area contributed by atoms with E-state index in [1.54, 1.807) is 24.3 Å². The van der Waals surface area contributed by atoms with Gasteiger partial charge in [-0.3, -0.25) is 14.1 Å². The number of aryl methyl sites for hydroxylation is 3. The normalized spacial score (nSPS) is 13.0. The number of nitrogens with one attached hydrogen (secondary N) is 2. The molecule has 0 spiro atoms. The largest absolute Gasteiger partial charge is 0.351 e. The van der Waals surface area contributed by atoms with Crippen LogP contribution in [0.2, 0.25) is 0 Å². The van der Waals surface area contributed by atoms with Gasteiger partial charge in [-0.1, -0.05) is 112 Å². The molecule has 2 amide bonds. The fourth-order valence-electron chi connectivity index (χ4n) is 6.28. The summed E-state index contributed by atoms with van der Waals surface area (Å²) in [7, 11) is -4.18. The summed E-state index contributed by atoms with van der Waals surface area (Å²) in [5.74, 6) is -1.73. The topological polar surface area (TPSA) is 113 Å². The summed E-state index contributed by atoms with van der Waals surface area (Å²) in [6.45, 7) is 18.6. The Balaban J connectivity index is 1.59. The van der Waals surface area contributed by atoms with Crippen molar-refractivity contribution in [3.63, 3.8) is 0 Å². The predicted molar refractivity (Wildman–Crippen MR) is 214 cm³/mol. The maximum Gasteiger partial charge on any atom is 0.266 e. The van der Waals surface area contributed by atoms with Gasteiger partial charge in [0, 0.05) is 17.8 Å². The Hall–Kier alpha value is -5.05. The van der Waals surface area contributed by atoms with Crippen molar-refractivity contribution in [1.82, 2.24) is 5.32 Å². The maximum absolute atomic E-state index is 14.0. The molecule has 4 aromatic carbocycles. The van der Waals surface area contributed by atoms with E-state index in [9.17, 15) is 18.0 Å². The minimum absolute atomic E-state index is 0.0209. The van der Waals surface area contributed by atoms with Gasteiger partial charge in [0.1, 0.15) is 0 Å². The van der Waals surface area contributed by atoms with Crippen LogP contribution in [0.4, 0.5) is 5.69 Å². The van der Waals surface area contributed by atoms with Crippen molar-refractivity contribution in [2.75, 3.05) is 17.6 Å². The lowest BCUT2D eigenvalue weighted by atomic mass is 9.86. The molecular formula is C44H50N2O5S. The quantitative estimate of drug-likeness (QED) is 0.0942. The summed E-state index contributed by atoms with van der Waals surface area (Å²) < 4.78 is 31.0. The summed E-state index contributed by atoms with van der Waals surface area (Å²) in [5.41, 5.74) is 11.9. The first-order valence-electron chi connectivity index (χ1n) is 17.4. The standard InChI is InChI=1S/C44H50N2O5S/c1-9-38(44(6,7)8)21-10-30(3)34-15-17-35(18-16-34)40(28-33-11-13-37(14-12-33)42(47)45-24-25-52(49,50)51)43(48)46-39-22-19-36(20-23-39)41-31(4)26-29(2)27-32(41)5/h9-23,26-27,40H,1,24-25,28H2,2-8H3,(H,45,47)(H,46,48)(H,49,50,51)/b30-10+,38-21+/t40-/m1/s1. The van der Waals surface area contributed by atoms with Gasteiger partial charge in [0.15, 0.2) is 0 Å². The molecule has 272 valence electrons. The van der Waals surface area contributed by atoms with E-state index >= 15 is 0 Å². The fraction of sp³-hybridized carbons (Fsp3) is 0.273. The lowest BCUT2D eigenvalue weighted by Gasteiger charge is -2.20. The lowest BCUT2D eigenvalue weighted by molar-refractivity contribution is -0.117. The number of carbonyl (C=O) groups excluding carboxylic acids is 2. The van der Waals surface area contributed by atoms with Gasteiger partial charge in [0.2, 0.25) is 5.91 Å². The number of carbonyl (C=O) groups is 2. The molecule has 0 saturated carbocycles. The van der Waals surface area contributed by atoms with Crippen molar-refractivity contribution >= 4 is 33.2 Å². The molecule has 0 aliphatic heterocycles. The zero-order valence-corrected chi connectivity index (χ0v) is 32.0. The van der Waals surface area contributed by atoms with Gasteiger partial charge >= 0.3 is 0 Å². The van der Waals surface area contributed by atoms with E-state index in [1.165, 1.54) is 22.3 Å². The fourth-order valence-corrected chi connectivity index (χ4v) is 6.64. The van der Waals surface area contributed by atoms with Crippen LogP contribution in [0.5, 0.6) is 0 Å². The van der Waals surface area contributed by atoms with E-state index in [2.05, 4.69) is 90.0 Å². The minimum Gasteiger partial charge on any atom is -0.351 e. The van der Waals surface area contributed by atoms with Crippen molar-refractivity contribution in [2.24, 2.45) is 5.41 Å². The molecule has 0 radical (unpaired) electrons. The Morgan fingerprint density at radius 1 is 0.846 bits per heavy atom. The molecule has 0 fully saturated rings. The van der Waals surface area contributed by atoms with Crippen LogP contribution in [-0.4, -0.2) is 37.1 Å². The Labute approximate surface area is 309 Å². The highest BCUT2D eigenvalue weighted by Gasteiger charge is 2.22. The van der Waals surface area contributed by atoms with Crippen molar-refractivity contribution in [1.29, 1.82) is 0 Å². The highest BCUT2D eigenvalue weighted by molar-refractivity contribution is 7.85. The number of hydrogen-bond donors (Lipinski definition) is 3. The Kier molecular flexibility index (Phi) is 13.0. The van der Waals surface area contributed by atoms with Crippen LogP contribution in [0.15, 0.2) is 115 Å². The molecule has 4 rings (SSSR count). The first-order chi connectivity index (χ1) is 24.4. The van der Waals surface area contributed by atoms with Gasteiger partial charge in [-0.05, 0) is 114 Å². The van der Waals surface area contributed by atoms with Gasteiger partial charge in [0.05, 0.1) is 11.7 Å². The molecule has 7 nitrogen and oxygen atoms in total. The molecule has 0 aliphatic carbocycles. The van der Waals surface area contributed by atoms with E-state index in [0.717, 1.165) is 33.4 Å². The summed E-state index contributed by atoms with van der Waals surface area (Å²) in [5, 5.41) is 5.63. The van der Waals surface area contributed by atoms with Crippen molar-refractivity contribution in [3.8, 4) is 11.1 Å². The smallest absolute Gasteiger partial charge is 0.266 e. The third kappa shape index (κ3) is 11.0. The highest BCUT2D eigenvalue weighted by Crippen LogP contribution is 2.31. The molecular weight excluding hydrogens is 669 g/mol. The van der Waals surface area contributed by atoms with Gasteiger partial charge < -0.3 is 10.6 Å². The maximum atomic E-state index is 14.0. The monoisotopic (exact) mass is 718 g/mol. The molecule has 0 aliphatic rings. The third-order valence-electron chi connectivity index (χ3n) is 9.10. The van der Waals surface area contributed by atoms with Gasteiger partial charge in [-0.2, -0.15) is 8.42 Å². The van der Waals surface area contributed by atoms with Crippen molar-refractivity contribution in [3.05, 3.63) is 154 Å². The van der Waals surface area contributed by atoms with Crippen molar-refractivity contribution < 1.29 is 22.6 Å². The number of benzene rings is 4. The second kappa shape index (κ2) is 17.0. The van der Waals surface area contributed by atoms with Gasteiger partial charge in [0.25, 0.3) is 16.0 Å². The molecule has 0 heterocycles.